The second kappa shape index (κ2) is 11.1. The molecule has 1 heterocycles. The largest absolute Gasteiger partial charge is 0.494 e. The van der Waals surface area contributed by atoms with Crippen molar-refractivity contribution in [3.05, 3.63) is 95.6 Å². The zero-order valence-corrected chi connectivity index (χ0v) is 21.1. The fraction of sp³-hybridized carbons (Fsp3) is 0.357. The maximum absolute atomic E-state index is 13.6. The van der Waals surface area contributed by atoms with Gasteiger partial charge in [-0.25, -0.2) is 17.2 Å². The van der Waals surface area contributed by atoms with E-state index in [2.05, 4.69) is 4.90 Å². The summed E-state index contributed by atoms with van der Waals surface area (Å²) >= 11 is 0. The van der Waals surface area contributed by atoms with E-state index in [1.807, 2.05) is 0 Å². The van der Waals surface area contributed by atoms with Gasteiger partial charge in [0.2, 0.25) is 0 Å². The molecule has 36 heavy (non-hydrogen) atoms. The number of aliphatic hydroxyl groups is 1. The van der Waals surface area contributed by atoms with E-state index in [4.69, 9.17) is 4.74 Å². The van der Waals surface area contributed by atoms with Gasteiger partial charge >= 0.3 is 0 Å². The minimum absolute atomic E-state index is 0.103. The molecule has 0 saturated carbocycles. The number of hydrogen-bond acceptors (Lipinski definition) is 5. The fourth-order valence-electron chi connectivity index (χ4n) is 4.88. The molecule has 0 aromatic heterocycles. The maximum Gasteiger partial charge on any atom is 0.175 e. The second-order valence-corrected chi connectivity index (χ2v) is 11.4. The molecule has 1 aliphatic heterocycles. The predicted molar refractivity (Wildman–Crippen MR) is 135 cm³/mol. The van der Waals surface area contributed by atoms with Gasteiger partial charge in [0, 0.05) is 12.8 Å². The number of rotatable bonds is 9. The summed E-state index contributed by atoms with van der Waals surface area (Å²) in [5.74, 6) is -0.216. The van der Waals surface area contributed by atoms with Crippen LogP contribution in [0, 0.1) is 17.6 Å². The summed E-state index contributed by atoms with van der Waals surface area (Å²) in [6.07, 6.45) is 3.45. The summed E-state index contributed by atoms with van der Waals surface area (Å²) in [4.78, 5) is 2.58. The van der Waals surface area contributed by atoms with E-state index in [0.717, 1.165) is 38.9 Å². The van der Waals surface area contributed by atoms with Crippen molar-refractivity contribution in [1.29, 1.82) is 0 Å². The van der Waals surface area contributed by atoms with E-state index in [-0.39, 0.29) is 22.4 Å². The van der Waals surface area contributed by atoms with Crippen LogP contribution in [0.4, 0.5) is 8.78 Å². The maximum atomic E-state index is 13.6. The minimum atomic E-state index is -3.23. The molecule has 0 unspecified atom stereocenters. The molecule has 0 atom stereocenters. The number of piperidine rings is 1. The number of nitrogens with zero attached hydrogens (tertiary/aromatic N) is 1. The lowest BCUT2D eigenvalue weighted by Gasteiger charge is -2.42. The van der Waals surface area contributed by atoms with Crippen LogP contribution in [0.15, 0.2) is 77.7 Å². The average Bonchev–Trinajstić information content (AvgIpc) is 2.87. The van der Waals surface area contributed by atoms with E-state index < -0.39 is 15.4 Å². The number of likely N-dealkylation sites (tertiary alicyclic amines) is 1. The van der Waals surface area contributed by atoms with Gasteiger partial charge < -0.3 is 14.7 Å². The number of hydrogen-bond donors (Lipinski definition) is 1. The zero-order valence-electron chi connectivity index (χ0n) is 20.2. The second-order valence-electron chi connectivity index (χ2n) is 9.34. The lowest BCUT2D eigenvalue weighted by molar-refractivity contribution is -0.0147. The summed E-state index contributed by atoms with van der Waals surface area (Å²) in [6.45, 7) is 2.92. The molecule has 0 spiro atoms. The topological polar surface area (TPSA) is 66.8 Å². The van der Waals surface area contributed by atoms with Gasteiger partial charge in [0.05, 0.1) is 11.5 Å². The molecule has 1 aliphatic rings. The van der Waals surface area contributed by atoms with Crippen LogP contribution in [0.25, 0.3) is 0 Å². The summed E-state index contributed by atoms with van der Waals surface area (Å²) < 4.78 is 56.0. The lowest BCUT2D eigenvalue weighted by Crippen LogP contribution is -2.44. The Morgan fingerprint density at radius 1 is 0.889 bits per heavy atom. The van der Waals surface area contributed by atoms with Crippen LogP contribution in [0.1, 0.15) is 30.4 Å². The smallest absolute Gasteiger partial charge is 0.175 e. The Morgan fingerprint density at radius 2 is 1.39 bits per heavy atom. The van der Waals surface area contributed by atoms with Gasteiger partial charge in [-0.05, 0) is 97.9 Å². The van der Waals surface area contributed by atoms with E-state index in [0.29, 0.717) is 23.5 Å². The fourth-order valence-corrected chi connectivity index (χ4v) is 5.51. The Hall–Kier alpha value is -2.81. The van der Waals surface area contributed by atoms with Crippen molar-refractivity contribution in [3.8, 4) is 5.75 Å². The Labute approximate surface area is 211 Å². The molecule has 1 fully saturated rings. The highest BCUT2D eigenvalue weighted by Gasteiger charge is 2.41. The van der Waals surface area contributed by atoms with E-state index in [1.165, 1.54) is 30.5 Å². The van der Waals surface area contributed by atoms with Crippen molar-refractivity contribution in [3.63, 3.8) is 0 Å². The Balaban J connectivity index is 1.33. The first-order chi connectivity index (χ1) is 17.2. The van der Waals surface area contributed by atoms with Gasteiger partial charge in [0.15, 0.2) is 9.84 Å². The van der Waals surface area contributed by atoms with Gasteiger partial charge in [-0.15, -0.1) is 0 Å². The van der Waals surface area contributed by atoms with Gasteiger partial charge in [0.1, 0.15) is 23.0 Å². The molecule has 0 radical (unpaired) electrons. The highest BCUT2D eigenvalue weighted by Crippen LogP contribution is 2.42. The van der Waals surface area contributed by atoms with Crippen LogP contribution in [0.3, 0.4) is 0 Å². The molecule has 3 aromatic rings. The Bertz CT molecular complexity index is 1190. The lowest BCUT2D eigenvalue weighted by atomic mass is 9.72. The molecule has 1 N–H and O–H groups in total. The SMILES string of the molecule is CS(=O)(=O)c1ccc(OCCCN2CCC(C(O)(c3ccc(F)cc3)c3ccc(F)cc3)CC2)cc1. The molecule has 8 heteroatoms. The zero-order chi connectivity index (χ0) is 25.8. The first-order valence-electron chi connectivity index (χ1n) is 12.1. The molecule has 0 aliphatic carbocycles. The van der Waals surface area contributed by atoms with Crippen LogP contribution < -0.4 is 4.74 Å². The Kier molecular flexibility index (Phi) is 8.07. The quantitative estimate of drug-likeness (QED) is 0.416. The number of ether oxygens (including phenoxy) is 1. The van der Waals surface area contributed by atoms with Crippen molar-refractivity contribution in [1.82, 2.24) is 4.90 Å². The van der Waals surface area contributed by atoms with Crippen molar-refractivity contribution in [2.24, 2.45) is 5.92 Å². The van der Waals surface area contributed by atoms with Crippen LogP contribution in [-0.2, 0) is 15.4 Å². The summed E-state index contributed by atoms with van der Waals surface area (Å²) in [6, 6.07) is 18.2. The van der Waals surface area contributed by atoms with Crippen molar-refractivity contribution < 1.29 is 27.0 Å². The number of benzene rings is 3. The molecule has 4 rings (SSSR count). The Morgan fingerprint density at radius 3 is 1.86 bits per heavy atom. The highest BCUT2D eigenvalue weighted by molar-refractivity contribution is 7.90. The minimum Gasteiger partial charge on any atom is -0.494 e. The van der Waals surface area contributed by atoms with Crippen LogP contribution in [0.5, 0.6) is 5.75 Å². The third kappa shape index (κ3) is 6.11. The monoisotopic (exact) mass is 515 g/mol. The summed E-state index contributed by atoms with van der Waals surface area (Å²) in [5.41, 5.74) is -0.136. The molecule has 5 nitrogen and oxygen atoms in total. The summed E-state index contributed by atoms with van der Waals surface area (Å²) in [5, 5.41) is 11.9. The first-order valence-corrected chi connectivity index (χ1v) is 13.9. The van der Waals surface area contributed by atoms with Gasteiger partial charge in [0.25, 0.3) is 0 Å². The average molecular weight is 516 g/mol. The normalized spacial score (nSPS) is 15.7. The molecule has 0 bridgehead atoms. The van der Waals surface area contributed by atoms with Crippen molar-refractivity contribution in [2.75, 3.05) is 32.5 Å². The number of sulfone groups is 1. The van der Waals surface area contributed by atoms with Gasteiger partial charge in [-0.3, -0.25) is 0 Å². The van der Waals surface area contributed by atoms with E-state index >= 15 is 0 Å². The third-order valence-corrected chi connectivity index (χ3v) is 8.01. The standard InChI is InChI=1S/C28H31F2NO4S/c1-36(33,34)27-13-11-26(12-14-27)35-20-2-17-31-18-15-23(16-19-31)28(32,21-3-7-24(29)8-4-21)22-5-9-25(30)10-6-22/h3-14,23,32H,2,15-20H2,1H3. The predicted octanol–water partition coefficient (Wildman–Crippen LogP) is 4.79. The van der Waals surface area contributed by atoms with E-state index in [1.54, 1.807) is 48.5 Å². The molecule has 3 aromatic carbocycles. The van der Waals surface area contributed by atoms with Crippen molar-refractivity contribution in [2.45, 2.75) is 29.8 Å². The summed E-state index contributed by atoms with van der Waals surface area (Å²) in [7, 11) is -3.23. The molecule has 0 amide bonds. The van der Waals surface area contributed by atoms with Crippen LogP contribution in [-0.4, -0.2) is 50.9 Å². The molecular formula is C28H31F2NO4S. The molecular weight excluding hydrogens is 484 g/mol. The van der Waals surface area contributed by atoms with Gasteiger partial charge in [-0.2, -0.15) is 0 Å². The highest BCUT2D eigenvalue weighted by atomic mass is 32.2. The van der Waals surface area contributed by atoms with Crippen LogP contribution in [0.2, 0.25) is 0 Å². The third-order valence-electron chi connectivity index (χ3n) is 6.89. The first kappa shape index (κ1) is 26.3. The van der Waals surface area contributed by atoms with E-state index in [9.17, 15) is 22.3 Å². The van der Waals surface area contributed by atoms with Crippen molar-refractivity contribution >= 4 is 9.84 Å². The molecule has 1 saturated heterocycles. The van der Waals surface area contributed by atoms with Gasteiger partial charge in [-0.1, -0.05) is 24.3 Å². The number of halogens is 2. The molecule has 192 valence electrons. The van der Waals surface area contributed by atoms with Crippen LogP contribution >= 0.6 is 0 Å².